The number of para-hydroxylation sites is 1. The van der Waals surface area contributed by atoms with Gasteiger partial charge < -0.3 is 10.4 Å². The van der Waals surface area contributed by atoms with Crippen LogP contribution >= 0.6 is 11.9 Å². The van der Waals surface area contributed by atoms with E-state index in [-0.39, 0.29) is 11.5 Å². The van der Waals surface area contributed by atoms with Gasteiger partial charge in [0.05, 0.1) is 11.3 Å². The zero-order valence-electron chi connectivity index (χ0n) is 15.3. The number of amides is 1. The number of carbonyl (C=O) groups excluding carboxylic acids is 1. The summed E-state index contributed by atoms with van der Waals surface area (Å²) in [4.78, 5) is 24.9. The molecule has 3 rings (SSSR count). The lowest BCUT2D eigenvalue weighted by Gasteiger charge is -2.22. The molecule has 0 radical (unpaired) electrons. The number of carbonyl (C=O) groups is 2. The lowest BCUT2D eigenvalue weighted by molar-refractivity contribution is 0.0698. The van der Waals surface area contributed by atoms with Gasteiger partial charge in [-0.05, 0) is 61.5 Å². The van der Waals surface area contributed by atoms with Gasteiger partial charge in [0.15, 0.2) is 0 Å². The van der Waals surface area contributed by atoms with Crippen molar-refractivity contribution in [3.63, 3.8) is 0 Å². The molecule has 0 atom stereocenters. The molecule has 0 saturated heterocycles. The molecule has 0 spiro atoms. The first-order chi connectivity index (χ1) is 13.0. The summed E-state index contributed by atoms with van der Waals surface area (Å²) in [6.45, 7) is 2.02. The van der Waals surface area contributed by atoms with E-state index in [0.29, 0.717) is 17.3 Å². The monoisotopic (exact) mass is 384 g/mol. The van der Waals surface area contributed by atoms with E-state index in [9.17, 15) is 14.7 Å². The highest BCUT2D eigenvalue weighted by Crippen LogP contribution is 2.26. The zero-order chi connectivity index (χ0) is 19.2. The molecule has 0 unspecified atom stereocenters. The second-order valence-corrected chi connectivity index (χ2v) is 7.72. The normalized spacial score (nSPS) is 14.7. The van der Waals surface area contributed by atoms with E-state index < -0.39 is 5.97 Å². The fourth-order valence-electron chi connectivity index (χ4n) is 3.19. The van der Waals surface area contributed by atoms with Crippen LogP contribution in [0, 0.1) is 6.92 Å². The molecule has 142 valence electrons. The van der Waals surface area contributed by atoms with Crippen LogP contribution in [-0.2, 0) is 0 Å². The van der Waals surface area contributed by atoms with Crippen LogP contribution in [-0.4, -0.2) is 23.0 Å². The van der Waals surface area contributed by atoms with Crippen LogP contribution in [0.3, 0.4) is 0 Å². The molecular formula is C21H24N2O3S. The number of aryl methyl sites for hydroxylation is 1. The predicted octanol–water partition coefficient (Wildman–Crippen LogP) is 4.87. The summed E-state index contributed by atoms with van der Waals surface area (Å²) in [5.41, 5.74) is 1.98. The Morgan fingerprint density at radius 1 is 1.07 bits per heavy atom. The molecule has 1 aliphatic rings. The van der Waals surface area contributed by atoms with Crippen molar-refractivity contribution < 1.29 is 14.7 Å². The minimum atomic E-state index is -1.07. The van der Waals surface area contributed by atoms with Crippen LogP contribution in [0.1, 0.15) is 58.4 Å². The summed E-state index contributed by atoms with van der Waals surface area (Å²) < 4.78 is 3.53. The zero-order valence-corrected chi connectivity index (χ0v) is 16.1. The van der Waals surface area contributed by atoms with Crippen LogP contribution in [0.4, 0.5) is 5.69 Å². The van der Waals surface area contributed by atoms with Crippen LogP contribution in [0.15, 0.2) is 47.4 Å². The smallest absolute Gasteiger partial charge is 0.337 e. The Morgan fingerprint density at radius 2 is 1.81 bits per heavy atom. The Labute approximate surface area is 163 Å². The van der Waals surface area contributed by atoms with Gasteiger partial charge in [-0.15, -0.1) is 0 Å². The Morgan fingerprint density at radius 3 is 2.56 bits per heavy atom. The summed E-state index contributed by atoms with van der Waals surface area (Å²) >= 11 is 1.58. The largest absolute Gasteiger partial charge is 0.478 e. The van der Waals surface area contributed by atoms with Gasteiger partial charge in [0, 0.05) is 16.5 Å². The number of aromatic carboxylic acids is 1. The minimum Gasteiger partial charge on any atom is -0.478 e. The van der Waals surface area contributed by atoms with E-state index in [1.54, 1.807) is 36.2 Å². The molecule has 0 heterocycles. The highest BCUT2D eigenvalue weighted by Gasteiger charge is 2.16. The third-order valence-electron chi connectivity index (χ3n) is 4.80. The minimum absolute atomic E-state index is 0.0755. The van der Waals surface area contributed by atoms with Gasteiger partial charge in [-0.3, -0.25) is 9.52 Å². The van der Waals surface area contributed by atoms with Gasteiger partial charge in [0.2, 0.25) is 0 Å². The van der Waals surface area contributed by atoms with E-state index >= 15 is 0 Å². The molecular weight excluding hydrogens is 360 g/mol. The van der Waals surface area contributed by atoms with E-state index in [1.807, 2.05) is 19.1 Å². The molecule has 2 aromatic carbocycles. The fraction of sp³-hybridized carbons (Fsp3) is 0.333. The van der Waals surface area contributed by atoms with Gasteiger partial charge in [0.25, 0.3) is 5.91 Å². The van der Waals surface area contributed by atoms with Gasteiger partial charge in [-0.2, -0.15) is 0 Å². The highest BCUT2D eigenvalue weighted by atomic mass is 32.2. The lowest BCUT2D eigenvalue weighted by Crippen LogP contribution is -2.25. The van der Waals surface area contributed by atoms with Crippen molar-refractivity contribution in [3.8, 4) is 0 Å². The Balaban J connectivity index is 1.71. The fourth-order valence-corrected chi connectivity index (χ4v) is 4.14. The number of hydrogen-bond acceptors (Lipinski definition) is 4. The lowest BCUT2D eigenvalue weighted by atomic mass is 9.96. The number of benzene rings is 2. The van der Waals surface area contributed by atoms with Crippen molar-refractivity contribution in [1.82, 2.24) is 4.72 Å². The van der Waals surface area contributed by atoms with Crippen molar-refractivity contribution >= 4 is 29.5 Å². The van der Waals surface area contributed by atoms with Crippen molar-refractivity contribution in [1.29, 1.82) is 0 Å². The van der Waals surface area contributed by atoms with Crippen molar-refractivity contribution in [3.05, 3.63) is 59.2 Å². The van der Waals surface area contributed by atoms with Crippen LogP contribution < -0.4 is 10.0 Å². The van der Waals surface area contributed by atoms with E-state index in [4.69, 9.17) is 0 Å². The van der Waals surface area contributed by atoms with Gasteiger partial charge >= 0.3 is 5.97 Å². The molecule has 2 aromatic rings. The number of carboxylic acids is 1. The quantitative estimate of drug-likeness (QED) is 0.619. The van der Waals surface area contributed by atoms with Gasteiger partial charge in [-0.25, -0.2) is 4.79 Å². The second kappa shape index (κ2) is 9.06. The maximum Gasteiger partial charge on any atom is 0.337 e. The summed E-state index contributed by atoms with van der Waals surface area (Å²) in [6, 6.07) is 12.5. The Bertz CT molecular complexity index is 832. The van der Waals surface area contributed by atoms with Crippen molar-refractivity contribution in [2.45, 2.75) is 50.0 Å². The first-order valence-electron chi connectivity index (χ1n) is 9.21. The maximum atomic E-state index is 12.6. The molecule has 1 aliphatic carbocycles. The van der Waals surface area contributed by atoms with Crippen LogP contribution in [0.25, 0.3) is 0 Å². The molecule has 0 aliphatic heterocycles. The Hall–Kier alpha value is -2.31. The molecule has 1 fully saturated rings. The van der Waals surface area contributed by atoms with Gasteiger partial charge in [-0.1, -0.05) is 37.5 Å². The van der Waals surface area contributed by atoms with Gasteiger partial charge in [0.1, 0.15) is 0 Å². The first kappa shape index (κ1) is 19.5. The average Bonchev–Trinajstić information content (AvgIpc) is 2.68. The summed E-state index contributed by atoms with van der Waals surface area (Å²) in [5, 5.41) is 12.0. The summed E-state index contributed by atoms with van der Waals surface area (Å²) in [7, 11) is 0. The molecule has 6 heteroatoms. The van der Waals surface area contributed by atoms with E-state index in [0.717, 1.165) is 10.5 Å². The molecule has 0 bridgehead atoms. The van der Waals surface area contributed by atoms with E-state index in [1.165, 1.54) is 38.2 Å². The summed E-state index contributed by atoms with van der Waals surface area (Å²) in [5.74, 6) is -1.38. The van der Waals surface area contributed by atoms with Crippen molar-refractivity contribution in [2.75, 3.05) is 5.32 Å². The molecule has 3 N–H and O–H groups in total. The van der Waals surface area contributed by atoms with Crippen LogP contribution in [0.2, 0.25) is 0 Å². The first-order valence-corrected chi connectivity index (χ1v) is 10.0. The standard InChI is InChI=1S/C21H24N2O3S/c1-14-11-12-15(13-19(14)27-23-16-7-3-2-4-8-16)20(24)22-18-10-6-5-9-17(18)21(25)26/h5-6,9-13,16,23H,2-4,7-8H2,1H3,(H,22,24)(H,25,26). The molecule has 1 amide bonds. The number of hydrogen-bond donors (Lipinski definition) is 3. The van der Waals surface area contributed by atoms with Crippen molar-refractivity contribution in [2.24, 2.45) is 0 Å². The topological polar surface area (TPSA) is 78.4 Å². The number of carboxylic acid groups (broad SMARTS) is 1. The van der Waals surface area contributed by atoms with E-state index in [2.05, 4.69) is 10.0 Å². The molecule has 27 heavy (non-hydrogen) atoms. The highest BCUT2D eigenvalue weighted by molar-refractivity contribution is 7.97. The predicted molar refractivity (Wildman–Crippen MR) is 108 cm³/mol. The maximum absolute atomic E-state index is 12.6. The molecule has 0 aromatic heterocycles. The second-order valence-electron chi connectivity index (χ2n) is 6.84. The third kappa shape index (κ3) is 5.11. The average molecular weight is 385 g/mol. The molecule has 1 saturated carbocycles. The summed E-state index contributed by atoms with van der Waals surface area (Å²) in [6.07, 6.45) is 6.23. The number of anilines is 1. The van der Waals surface area contributed by atoms with Crippen LogP contribution in [0.5, 0.6) is 0 Å². The molecule has 5 nitrogen and oxygen atoms in total. The number of nitrogens with one attached hydrogen (secondary N) is 2. The third-order valence-corrected chi connectivity index (χ3v) is 5.91. The Kier molecular flexibility index (Phi) is 6.53. The SMILES string of the molecule is Cc1ccc(C(=O)Nc2ccccc2C(=O)O)cc1SNC1CCCCC1. The number of rotatable bonds is 6.